The number of aliphatic carboxylic acids is 6. The van der Waals surface area contributed by atoms with Crippen LogP contribution < -0.4 is 30.6 Å². The Morgan fingerprint density at radius 2 is 0.423 bits per heavy atom. The van der Waals surface area contributed by atoms with Crippen molar-refractivity contribution in [1.29, 1.82) is 0 Å². The van der Waals surface area contributed by atoms with Gasteiger partial charge in [-0.25, -0.2) is 0 Å². The summed E-state index contributed by atoms with van der Waals surface area (Å²) < 4.78 is 0. The zero-order valence-electron chi connectivity index (χ0n) is 12.1. The average Bonchev–Trinajstić information content (AvgIpc) is 2.42. The van der Waals surface area contributed by atoms with Crippen LogP contribution in [0.2, 0.25) is 0 Å². The van der Waals surface area contributed by atoms with Crippen LogP contribution in [0.4, 0.5) is 0 Å². The summed E-state index contributed by atoms with van der Waals surface area (Å²) in [6.07, 6.45) is 2.31. The first-order valence-corrected chi connectivity index (χ1v) is 5.18. The molecule has 0 fully saturated rings. The summed E-state index contributed by atoms with van der Waals surface area (Å²) >= 11 is 0. The SMILES string of the molecule is O=C([O-])/C=C\C(=O)[O-].O=C([O-])/C=C\C(=O)[O-].O=C([O-])/C=C\C(=O)[O-].[Fe+3].[Fe+3]. The molecule has 0 bridgehead atoms. The van der Waals surface area contributed by atoms with E-state index in [0.29, 0.717) is 36.5 Å². The van der Waals surface area contributed by atoms with E-state index in [2.05, 4.69) is 0 Å². The van der Waals surface area contributed by atoms with Gasteiger partial charge in [-0.1, -0.05) is 0 Å². The largest absolute Gasteiger partial charge is 3.00 e. The molecule has 0 aromatic heterocycles. The van der Waals surface area contributed by atoms with E-state index in [1.165, 1.54) is 0 Å². The van der Waals surface area contributed by atoms with Crippen LogP contribution >= 0.6 is 0 Å². The molecule has 0 unspecified atom stereocenters. The van der Waals surface area contributed by atoms with Gasteiger partial charge in [-0.3, -0.25) is 0 Å². The number of hydrogen-bond acceptors (Lipinski definition) is 12. The fraction of sp³-hybridized carbons (Fsp3) is 0. The van der Waals surface area contributed by atoms with Gasteiger partial charge in [-0.05, 0) is 36.5 Å². The number of hydrogen-bond donors (Lipinski definition) is 0. The Hall–Kier alpha value is -2.92. The molecule has 14 heteroatoms. The van der Waals surface area contributed by atoms with Gasteiger partial charge in [-0.15, -0.1) is 0 Å². The van der Waals surface area contributed by atoms with Crippen LogP contribution in [-0.4, -0.2) is 35.8 Å². The van der Waals surface area contributed by atoms with Gasteiger partial charge in [0.15, 0.2) is 0 Å². The van der Waals surface area contributed by atoms with Crippen molar-refractivity contribution in [3.63, 3.8) is 0 Å². The molecule has 0 aliphatic carbocycles. The Labute approximate surface area is 166 Å². The molecule has 0 aliphatic rings. The Balaban J connectivity index is -0.0000000817. The monoisotopic (exact) mass is 454 g/mol. The van der Waals surface area contributed by atoms with E-state index in [1.807, 2.05) is 0 Å². The molecule has 0 amide bonds. The van der Waals surface area contributed by atoms with E-state index in [9.17, 15) is 59.4 Å². The number of carboxylic acid groups (broad SMARTS) is 6. The van der Waals surface area contributed by atoms with Crippen molar-refractivity contribution < 1.29 is 93.5 Å². The molecule has 142 valence electrons. The summed E-state index contributed by atoms with van der Waals surface area (Å²) in [6.45, 7) is 0. The molecule has 0 spiro atoms. The van der Waals surface area contributed by atoms with Gasteiger partial charge >= 0.3 is 34.1 Å². The van der Waals surface area contributed by atoms with Gasteiger partial charge in [-0.2, -0.15) is 0 Å². The van der Waals surface area contributed by atoms with Gasteiger partial charge in [0, 0.05) is 0 Å². The summed E-state index contributed by atoms with van der Waals surface area (Å²) in [6, 6.07) is 0. The van der Waals surface area contributed by atoms with Crippen molar-refractivity contribution in [3.8, 4) is 0 Å². The van der Waals surface area contributed by atoms with E-state index in [1.54, 1.807) is 0 Å². The van der Waals surface area contributed by atoms with Crippen molar-refractivity contribution in [3.05, 3.63) is 36.5 Å². The maximum absolute atomic E-state index is 9.41. The van der Waals surface area contributed by atoms with E-state index in [-0.39, 0.29) is 34.1 Å². The standard InChI is InChI=1S/3C4H4O4.2Fe/c3*5-3(6)1-2-4(7)8;;/h3*1-2H,(H,5,6)(H,7,8);;/q;;;2*+3/p-6/b3*2-1-;;. The van der Waals surface area contributed by atoms with Gasteiger partial charge in [0.1, 0.15) is 0 Å². The smallest absolute Gasteiger partial charge is 0.545 e. The maximum Gasteiger partial charge on any atom is 3.00 e. The Bertz CT molecular complexity index is 448. The molecule has 0 aromatic rings. The van der Waals surface area contributed by atoms with Gasteiger partial charge in [0.25, 0.3) is 0 Å². The van der Waals surface area contributed by atoms with Crippen molar-refractivity contribution >= 4 is 35.8 Å². The van der Waals surface area contributed by atoms with Crippen LogP contribution in [0.1, 0.15) is 0 Å². The molecule has 0 aromatic carbocycles. The fourth-order valence-electron chi connectivity index (χ4n) is 0.408. The molecule has 0 aliphatic heterocycles. The topological polar surface area (TPSA) is 241 Å². The summed E-state index contributed by atoms with van der Waals surface area (Å²) in [5.74, 6) is -9.28. The quantitative estimate of drug-likeness (QED) is 0.268. The third-order valence-electron chi connectivity index (χ3n) is 1.07. The van der Waals surface area contributed by atoms with Crippen LogP contribution in [0, 0.1) is 0 Å². The Morgan fingerprint density at radius 1 is 0.346 bits per heavy atom. The average molecular weight is 454 g/mol. The van der Waals surface area contributed by atoms with Gasteiger partial charge in [0.2, 0.25) is 0 Å². The molecule has 26 heavy (non-hydrogen) atoms. The third-order valence-corrected chi connectivity index (χ3v) is 1.07. The molecule has 0 saturated carbocycles. The van der Waals surface area contributed by atoms with E-state index in [4.69, 9.17) is 0 Å². The minimum atomic E-state index is -1.55. The predicted octanol–water partition coefficient (Wildman–Crippen LogP) is -8.88. The van der Waals surface area contributed by atoms with Crippen LogP contribution in [0.3, 0.4) is 0 Å². The Kier molecular flexibility index (Phi) is 29.2. The van der Waals surface area contributed by atoms with Gasteiger partial charge in [0.05, 0.1) is 35.8 Å². The first-order valence-electron chi connectivity index (χ1n) is 5.18. The number of carboxylic acids is 6. The molecular weight excluding hydrogens is 448 g/mol. The fourth-order valence-corrected chi connectivity index (χ4v) is 0.408. The normalized spacial score (nSPS) is 8.77. The van der Waals surface area contributed by atoms with Crippen LogP contribution in [0.25, 0.3) is 0 Å². The number of rotatable bonds is 6. The second-order valence-electron chi connectivity index (χ2n) is 2.91. The Morgan fingerprint density at radius 3 is 0.462 bits per heavy atom. The molecule has 0 atom stereocenters. The van der Waals surface area contributed by atoms with Crippen molar-refractivity contribution in [2.45, 2.75) is 0 Å². The number of carbonyl (C=O) groups excluding carboxylic acids is 6. The molecule has 2 radical (unpaired) electrons. The predicted molar refractivity (Wildman–Crippen MR) is 57.5 cm³/mol. The zero-order valence-corrected chi connectivity index (χ0v) is 14.3. The molecular formula is C12H6Fe2O12. The van der Waals surface area contributed by atoms with Crippen molar-refractivity contribution in [2.75, 3.05) is 0 Å². The molecule has 0 rings (SSSR count). The van der Waals surface area contributed by atoms with E-state index >= 15 is 0 Å². The van der Waals surface area contributed by atoms with E-state index in [0.717, 1.165) is 0 Å². The maximum atomic E-state index is 9.41. The van der Waals surface area contributed by atoms with Gasteiger partial charge < -0.3 is 59.4 Å². The molecule has 0 N–H and O–H groups in total. The number of carbonyl (C=O) groups is 6. The summed E-state index contributed by atoms with van der Waals surface area (Å²) in [5, 5.41) is 56.5. The first kappa shape index (κ1) is 34.4. The minimum Gasteiger partial charge on any atom is -0.545 e. The molecule has 0 saturated heterocycles. The summed E-state index contributed by atoms with van der Waals surface area (Å²) in [4.78, 5) is 56.5. The molecule has 12 nitrogen and oxygen atoms in total. The van der Waals surface area contributed by atoms with Crippen LogP contribution in [0.5, 0.6) is 0 Å². The second-order valence-corrected chi connectivity index (χ2v) is 2.91. The first-order chi connectivity index (χ1) is 10.9. The minimum absolute atomic E-state index is 0. The van der Waals surface area contributed by atoms with Crippen molar-refractivity contribution in [1.82, 2.24) is 0 Å². The zero-order chi connectivity index (χ0) is 19.7. The molecule has 0 heterocycles. The van der Waals surface area contributed by atoms with Crippen LogP contribution in [-0.2, 0) is 62.9 Å². The van der Waals surface area contributed by atoms with E-state index < -0.39 is 35.8 Å². The second kappa shape index (κ2) is 22.1. The summed E-state index contributed by atoms with van der Waals surface area (Å²) in [7, 11) is 0. The van der Waals surface area contributed by atoms with Crippen LogP contribution in [0.15, 0.2) is 36.5 Å². The van der Waals surface area contributed by atoms with Crippen molar-refractivity contribution in [2.24, 2.45) is 0 Å². The summed E-state index contributed by atoms with van der Waals surface area (Å²) in [5.41, 5.74) is 0. The third kappa shape index (κ3) is 58.2.